The number of carboxylic acid groups (broad SMARTS) is 1. The molecule has 0 bridgehead atoms. The maximum absolute atomic E-state index is 14.5. The molecule has 0 radical (unpaired) electrons. The molecule has 4 aromatic rings. The SMILES string of the molecule is Cc1nc2cc(-c3ccccc3)nn2c(-c2ccc(Cl)c(F)c2)c1C(OC(C)(C)C)C(=O)O. The lowest BCUT2D eigenvalue weighted by Gasteiger charge is -2.27. The highest BCUT2D eigenvalue weighted by atomic mass is 35.5. The molecule has 33 heavy (non-hydrogen) atoms. The summed E-state index contributed by atoms with van der Waals surface area (Å²) in [6.07, 6.45) is -1.35. The van der Waals surface area contributed by atoms with Crippen molar-refractivity contribution in [1.82, 2.24) is 14.6 Å². The fourth-order valence-corrected chi connectivity index (χ4v) is 3.82. The van der Waals surface area contributed by atoms with E-state index in [9.17, 15) is 14.3 Å². The van der Waals surface area contributed by atoms with E-state index in [0.717, 1.165) is 5.56 Å². The Morgan fingerprint density at radius 2 is 1.82 bits per heavy atom. The quantitative estimate of drug-likeness (QED) is 0.383. The molecule has 0 fully saturated rings. The van der Waals surface area contributed by atoms with Crippen molar-refractivity contribution < 1.29 is 19.0 Å². The lowest BCUT2D eigenvalue weighted by atomic mass is 9.99. The summed E-state index contributed by atoms with van der Waals surface area (Å²) in [7, 11) is 0. The molecular weight excluding hydrogens is 445 g/mol. The van der Waals surface area contributed by atoms with E-state index >= 15 is 0 Å². The smallest absolute Gasteiger partial charge is 0.337 e. The van der Waals surface area contributed by atoms with Gasteiger partial charge < -0.3 is 9.84 Å². The Labute approximate surface area is 195 Å². The summed E-state index contributed by atoms with van der Waals surface area (Å²) in [6.45, 7) is 7.02. The number of rotatable bonds is 5. The summed E-state index contributed by atoms with van der Waals surface area (Å²) < 4.78 is 21.9. The van der Waals surface area contributed by atoms with Gasteiger partial charge in [0.15, 0.2) is 11.8 Å². The van der Waals surface area contributed by atoms with E-state index in [1.807, 2.05) is 36.4 Å². The van der Waals surface area contributed by atoms with Gasteiger partial charge >= 0.3 is 5.97 Å². The number of hydrogen-bond donors (Lipinski definition) is 1. The van der Waals surface area contributed by atoms with E-state index in [-0.39, 0.29) is 5.02 Å². The first-order valence-electron chi connectivity index (χ1n) is 10.4. The van der Waals surface area contributed by atoms with Crippen molar-refractivity contribution >= 4 is 23.2 Å². The van der Waals surface area contributed by atoms with Gasteiger partial charge in [-0.2, -0.15) is 5.10 Å². The second-order valence-electron chi connectivity index (χ2n) is 8.70. The maximum Gasteiger partial charge on any atom is 0.337 e. The third kappa shape index (κ3) is 4.60. The number of benzene rings is 2. The Morgan fingerprint density at radius 3 is 2.42 bits per heavy atom. The molecule has 0 saturated heterocycles. The molecule has 0 saturated carbocycles. The Kier molecular flexibility index (Phi) is 5.95. The molecule has 2 heterocycles. The van der Waals surface area contributed by atoms with Gasteiger partial charge in [-0.15, -0.1) is 0 Å². The van der Waals surface area contributed by atoms with E-state index < -0.39 is 23.5 Å². The normalized spacial score (nSPS) is 12.8. The summed E-state index contributed by atoms with van der Waals surface area (Å²) in [5.74, 6) is -1.80. The van der Waals surface area contributed by atoms with Crippen LogP contribution in [0, 0.1) is 12.7 Å². The number of hydrogen-bond acceptors (Lipinski definition) is 4. The van der Waals surface area contributed by atoms with Gasteiger partial charge in [0.1, 0.15) is 5.82 Å². The highest BCUT2D eigenvalue weighted by Gasteiger charge is 2.33. The molecular formula is C25H23ClFN3O3. The van der Waals surface area contributed by atoms with E-state index in [1.54, 1.807) is 33.8 Å². The summed E-state index contributed by atoms with van der Waals surface area (Å²) >= 11 is 5.91. The lowest BCUT2D eigenvalue weighted by Crippen LogP contribution is -2.29. The predicted octanol–water partition coefficient (Wildman–Crippen LogP) is 6.11. The highest BCUT2D eigenvalue weighted by Crippen LogP contribution is 2.37. The van der Waals surface area contributed by atoms with Crippen molar-refractivity contribution in [3.8, 4) is 22.5 Å². The van der Waals surface area contributed by atoms with Gasteiger partial charge in [0.2, 0.25) is 0 Å². The van der Waals surface area contributed by atoms with Crippen LogP contribution in [0.3, 0.4) is 0 Å². The molecule has 1 unspecified atom stereocenters. The zero-order valence-corrected chi connectivity index (χ0v) is 19.4. The van der Waals surface area contributed by atoms with Gasteiger partial charge in [-0.25, -0.2) is 18.7 Å². The second kappa shape index (κ2) is 8.57. The molecule has 0 aliphatic carbocycles. The minimum Gasteiger partial charge on any atom is -0.479 e. The van der Waals surface area contributed by atoms with Crippen LogP contribution < -0.4 is 0 Å². The number of fused-ring (bicyclic) bond motifs is 1. The first-order chi connectivity index (χ1) is 15.5. The predicted molar refractivity (Wildman–Crippen MR) is 125 cm³/mol. The average Bonchev–Trinajstić information content (AvgIpc) is 3.17. The molecule has 8 heteroatoms. The Bertz CT molecular complexity index is 1350. The summed E-state index contributed by atoms with van der Waals surface area (Å²) in [4.78, 5) is 16.9. The number of nitrogens with zero attached hydrogens (tertiary/aromatic N) is 3. The maximum atomic E-state index is 14.5. The van der Waals surface area contributed by atoms with Crippen LogP contribution >= 0.6 is 11.6 Å². The van der Waals surface area contributed by atoms with Crippen LogP contribution in [-0.4, -0.2) is 31.3 Å². The number of aromatic nitrogens is 3. The van der Waals surface area contributed by atoms with Crippen molar-refractivity contribution in [3.63, 3.8) is 0 Å². The van der Waals surface area contributed by atoms with Crippen LogP contribution in [0.1, 0.15) is 38.1 Å². The van der Waals surface area contributed by atoms with Gasteiger partial charge in [-0.3, -0.25) is 0 Å². The summed E-state index contributed by atoms with van der Waals surface area (Å²) in [5, 5.41) is 14.7. The molecule has 0 aliphatic rings. The molecule has 1 atom stereocenters. The second-order valence-corrected chi connectivity index (χ2v) is 9.11. The van der Waals surface area contributed by atoms with Gasteiger partial charge in [-0.05, 0) is 39.8 Å². The van der Waals surface area contributed by atoms with E-state index in [0.29, 0.717) is 33.9 Å². The van der Waals surface area contributed by atoms with Gasteiger partial charge in [0.25, 0.3) is 0 Å². The zero-order valence-electron chi connectivity index (χ0n) is 18.6. The molecule has 2 aromatic heterocycles. The Hall–Kier alpha value is -3.29. The van der Waals surface area contributed by atoms with Crippen LogP contribution in [0.2, 0.25) is 5.02 Å². The topological polar surface area (TPSA) is 76.7 Å². The Morgan fingerprint density at radius 1 is 1.12 bits per heavy atom. The fraction of sp³-hybridized carbons (Fsp3) is 0.240. The molecule has 0 spiro atoms. The van der Waals surface area contributed by atoms with E-state index in [4.69, 9.17) is 21.4 Å². The van der Waals surface area contributed by atoms with Crippen molar-refractivity contribution in [2.75, 3.05) is 0 Å². The van der Waals surface area contributed by atoms with Crippen molar-refractivity contribution in [3.05, 3.63) is 76.7 Å². The van der Waals surface area contributed by atoms with Crippen LogP contribution in [0.25, 0.3) is 28.2 Å². The third-order valence-corrected chi connectivity index (χ3v) is 5.36. The van der Waals surface area contributed by atoms with Gasteiger partial charge in [0.05, 0.1) is 22.0 Å². The number of aliphatic carboxylic acids is 1. The van der Waals surface area contributed by atoms with Crippen LogP contribution in [-0.2, 0) is 9.53 Å². The number of ether oxygens (including phenoxy) is 1. The van der Waals surface area contributed by atoms with Crippen LogP contribution in [0.4, 0.5) is 4.39 Å². The van der Waals surface area contributed by atoms with Gasteiger partial charge in [0, 0.05) is 28.5 Å². The number of carboxylic acids is 1. The number of halogens is 2. The largest absolute Gasteiger partial charge is 0.479 e. The molecule has 0 aliphatic heterocycles. The highest BCUT2D eigenvalue weighted by molar-refractivity contribution is 6.30. The summed E-state index contributed by atoms with van der Waals surface area (Å²) in [5.41, 5.74) is 2.81. The zero-order chi connectivity index (χ0) is 23.9. The monoisotopic (exact) mass is 467 g/mol. The van der Waals surface area contributed by atoms with Crippen LogP contribution in [0.15, 0.2) is 54.6 Å². The third-order valence-electron chi connectivity index (χ3n) is 5.05. The van der Waals surface area contributed by atoms with E-state index in [1.165, 1.54) is 16.6 Å². The average molecular weight is 468 g/mol. The molecule has 4 rings (SSSR count). The van der Waals surface area contributed by atoms with Crippen molar-refractivity contribution in [2.45, 2.75) is 39.4 Å². The number of aryl methyl sites for hydroxylation is 1. The fourth-order valence-electron chi connectivity index (χ4n) is 3.70. The van der Waals surface area contributed by atoms with Gasteiger partial charge in [-0.1, -0.05) is 48.0 Å². The summed E-state index contributed by atoms with van der Waals surface area (Å²) in [6, 6.07) is 15.7. The van der Waals surface area contributed by atoms with Crippen LogP contribution in [0.5, 0.6) is 0 Å². The number of carbonyl (C=O) groups is 1. The van der Waals surface area contributed by atoms with Crippen molar-refractivity contribution in [1.29, 1.82) is 0 Å². The molecule has 2 aromatic carbocycles. The molecule has 170 valence electrons. The first-order valence-corrected chi connectivity index (χ1v) is 10.7. The Balaban J connectivity index is 2.06. The van der Waals surface area contributed by atoms with Crippen molar-refractivity contribution in [2.24, 2.45) is 0 Å². The lowest BCUT2D eigenvalue weighted by molar-refractivity contribution is -0.160. The minimum atomic E-state index is -1.35. The molecule has 6 nitrogen and oxygen atoms in total. The minimum absolute atomic E-state index is 0.0338. The first kappa shape index (κ1) is 22.9. The molecule has 0 amide bonds. The standard InChI is InChI=1S/C25H23ClFN3O3/c1-14-21(23(24(31)32)33-25(2,3)4)22(16-10-11-17(26)18(27)12-16)30-20(28-14)13-19(29-30)15-8-6-5-7-9-15/h5-13,23H,1-4H3,(H,31,32). The van der Waals surface area contributed by atoms with E-state index in [2.05, 4.69) is 4.98 Å². The molecule has 1 N–H and O–H groups in total.